The Morgan fingerprint density at radius 1 is 0.912 bits per heavy atom. The first-order valence-corrected chi connectivity index (χ1v) is 11.5. The standard InChI is InChI=1S/C28H31NO5/c1-32-25-13-10-23(18-26(25)33-2)27(29-16-14-22(15-17-29)28(30)31)21-8-11-24(12-9-21)34-19-20-6-4-3-5-7-20/h3-13,18,22,27H,14-17,19H2,1-2H3,(H,30,31). The van der Waals surface area contributed by atoms with Crippen LogP contribution in [0, 0.1) is 5.92 Å². The summed E-state index contributed by atoms with van der Waals surface area (Å²) in [5.41, 5.74) is 3.31. The minimum absolute atomic E-state index is 0.0299. The molecular weight excluding hydrogens is 430 g/mol. The van der Waals surface area contributed by atoms with E-state index in [1.54, 1.807) is 14.2 Å². The predicted molar refractivity (Wildman–Crippen MR) is 131 cm³/mol. The number of hydrogen-bond donors (Lipinski definition) is 1. The number of hydrogen-bond acceptors (Lipinski definition) is 5. The molecule has 0 amide bonds. The number of ether oxygens (including phenoxy) is 3. The van der Waals surface area contributed by atoms with Crippen LogP contribution >= 0.6 is 0 Å². The van der Waals surface area contributed by atoms with Gasteiger partial charge in [0.25, 0.3) is 0 Å². The molecule has 1 fully saturated rings. The van der Waals surface area contributed by atoms with E-state index in [9.17, 15) is 9.90 Å². The summed E-state index contributed by atoms with van der Waals surface area (Å²) in [4.78, 5) is 13.8. The fourth-order valence-corrected chi connectivity index (χ4v) is 4.53. The molecule has 178 valence electrons. The molecule has 1 unspecified atom stereocenters. The number of carboxylic acids is 1. The number of carbonyl (C=O) groups is 1. The first-order valence-electron chi connectivity index (χ1n) is 11.5. The third-order valence-electron chi connectivity index (χ3n) is 6.41. The van der Waals surface area contributed by atoms with Gasteiger partial charge in [0.2, 0.25) is 0 Å². The van der Waals surface area contributed by atoms with Crippen molar-refractivity contribution in [1.29, 1.82) is 0 Å². The van der Waals surface area contributed by atoms with Crippen LogP contribution in [-0.2, 0) is 11.4 Å². The summed E-state index contributed by atoms with van der Waals surface area (Å²) in [6.45, 7) is 1.94. The molecule has 34 heavy (non-hydrogen) atoms. The Morgan fingerprint density at radius 3 is 2.18 bits per heavy atom. The second kappa shape index (κ2) is 11.1. The van der Waals surface area contributed by atoms with Gasteiger partial charge in [-0.3, -0.25) is 9.69 Å². The molecule has 6 heteroatoms. The SMILES string of the molecule is COc1ccc(C(c2ccc(OCc3ccccc3)cc2)N2CCC(C(=O)O)CC2)cc1OC. The van der Waals surface area contributed by atoms with Crippen molar-refractivity contribution in [3.63, 3.8) is 0 Å². The Labute approximate surface area is 200 Å². The van der Waals surface area contributed by atoms with E-state index in [1.165, 1.54) is 0 Å². The van der Waals surface area contributed by atoms with Gasteiger partial charge in [-0.2, -0.15) is 0 Å². The molecule has 1 heterocycles. The second-order valence-electron chi connectivity index (χ2n) is 8.51. The average Bonchev–Trinajstić information content (AvgIpc) is 2.89. The average molecular weight is 462 g/mol. The second-order valence-corrected chi connectivity index (χ2v) is 8.51. The van der Waals surface area contributed by atoms with Crippen LogP contribution in [0.5, 0.6) is 17.2 Å². The smallest absolute Gasteiger partial charge is 0.306 e. The number of benzene rings is 3. The zero-order valence-corrected chi connectivity index (χ0v) is 19.6. The van der Waals surface area contributed by atoms with E-state index < -0.39 is 5.97 Å². The van der Waals surface area contributed by atoms with E-state index in [2.05, 4.69) is 23.1 Å². The van der Waals surface area contributed by atoms with Crippen molar-refractivity contribution in [2.24, 2.45) is 5.92 Å². The lowest BCUT2D eigenvalue weighted by molar-refractivity contribution is -0.143. The number of rotatable bonds is 9. The van der Waals surface area contributed by atoms with Crippen molar-refractivity contribution in [3.05, 3.63) is 89.5 Å². The normalized spacial score (nSPS) is 15.5. The van der Waals surface area contributed by atoms with Crippen LogP contribution in [0.2, 0.25) is 0 Å². The maximum atomic E-state index is 11.5. The van der Waals surface area contributed by atoms with Crippen LogP contribution in [0.4, 0.5) is 0 Å². The van der Waals surface area contributed by atoms with Crippen molar-refractivity contribution in [2.75, 3.05) is 27.3 Å². The summed E-state index contributed by atoms with van der Waals surface area (Å²) >= 11 is 0. The minimum Gasteiger partial charge on any atom is -0.493 e. The highest BCUT2D eigenvalue weighted by molar-refractivity contribution is 5.70. The fraction of sp³-hybridized carbons (Fsp3) is 0.321. The fourth-order valence-electron chi connectivity index (χ4n) is 4.53. The molecule has 1 N–H and O–H groups in total. The lowest BCUT2D eigenvalue weighted by atomic mass is 9.91. The van der Waals surface area contributed by atoms with Crippen molar-refractivity contribution >= 4 is 5.97 Å². The van der Waals surface area contributed by atoms with Crippen LogP contribution in [0.15, 0.2) is 72.8 Å². The molecule has 1 saturated heterocycles. The summed E-state index contributed by atoms with van der Waals surface area (Å²) in [6.07, 6.45) is 1.27. The lowest BCUT2D eigenvalue weighted by Crippen LogP contribution is -2.39. The van der Waals surface area contributed by atoms with Crippen molar-refractivity contribution in [3.8, 4) is 17.2 Å². The molecule has 6 nitrogen and oxygen atoms in total. The van der Waals surface area contributed by atoms with Gasteiger partial charge in [0.05, 0.1) is 26.2 Å². The van der Waals surface area contributed by atoms with Gasteiger partial charge in [0.15, 0.2) is 11.5 Å². The Balaban J connectivity index is 1.58. The molecule has 0 saturated carbocycles. The van der Waals surface area contributed by atoms with Crippen molar-refractivity contribution in [1.82, 2.24) is 4.90 Å². The highest BCUT2D eigenvalue weighted by Crippen LogP contribution is 2.37. The summed E-state index contributed by atoms with van der Waals surface area (Å²) in [5, 5.41) is 9.42. The molecule has 1 aliphatic heterocycles. The van der Waals surface area contributed by atoms with Crippen molar-refractivity contribution in [2.45, 2.75) is 25.5 Å². The van der Waals surface area contributed by atoms with Gasteiger partial charge >= 0.3 is 5.97 Å². The Bertz CT molecular complexity index is 1080. The van der Waals surface area contributed by atoms with Gasteiger partial charge < -0.3 is 19.3 Å². The zero-order chi connectivity index (χ0) is 23.9. The Kier molecular flexibility index (Phi) is 7.70. The maximum absolute atomic E-state index is 11.5. The molecule has 0 aromatic heterocycles. The number of nitrogens with zero attached hydrogens (tertiary/aromatic N) is 1. The van der Waals surface area contributed by atoms with Gasteiger partial charge in [0, 0.05) is 0 Å². The van der Waals surface area contributed by atoms with Gasteiger partial charge in [0.1, 0.15) is 12.4 Å². The third kappa shape index (κ3) is 5.51. The van der Waals surface area contributed by atoms with Crippen LogP contribution in [-0.4, -0.2) is 43.3 Å². The first-order chi connectivity index (χ1) is 16.6. The van der Waals surface area contributed by atoms with Gasteiger partial charge in [-0.25, -0.2) is 0 Å². The molecule has 1 atom stereocenters. The Morgan fingerprint density at radius 2 is 1.56 bits per heavy atom. The summed E-state index contributed by atoms with van der Waals surface area (Å²) < 4.78 is 16.9. The lowest BCUT2D eigenvalue weighted by Gasteiger charge is -2.37. The van der Waals surface area contributed by atoms with Gasteiger partial charge in [-0.15, -0.1) is 0 Å². The topological polar surface area (TPSA) is 68.2 Å². The summed E-state index contributed by atoms with van der Waals surface area (Å²) in [6, 6.07) is 24.2. The molecule has 0 spiro atoms. The van der Waals surface area contributed by atoms with E-state index in [1.807, 2.05) is 54.6 Å². The van der Waals surface area contributed by atoms with Crippen LogP contribution in [0.25, 0.3) is 0 Å². The first kappa shape index (κ1) is 23.6. The van der Waals surface area contributed by atoms with Crippen LogP contribution in [0.3, 0.4) is 0 Å². The number of carboxylic acid groups (broad SMARTS) is 1. The van der Waals surface area contributed by atoms with E-state index in [0.717, 1.165) is 22.4 Å². The molecule has 3 aromatic rings. The molecule has 0 radical (unpaired) electrons. The van der Waals surface area contributed by atoms with E-state index in [0.29, 0.717) is 44.0 Å². The zero-order valence-electron chi connectivity index (χ0n) is 19.6. The summed E-state index contributed by atoms with van der Waals surface area (Å²) in [7, 11) is 3.26. The molecule has 4 rings (SSSR count). The summed E-state index contributed by atoms with van der Waals surface area (Å²) in [5.74, 6) is 1.18. The highest BCUT2D eigenvalue weighted by Gasteiger charge is 2.30. The number of likely N-dealkylation sites (tertiary alicyclic amines) is 1. The number of methoxy groups -OCH3 is 2. The number of aliphatic carboxylic acids is 1. The van der Waals surface area contributed by atoms with E-state index >= 15 is 0 Å². The van der Waals surface area contributed by atoms with E-state index in [4.69, 9.17) is 14.2 Å². The third-order valence-corrected chi connectivity index (χ3v) is 6.41. The molecule has 3 aromatic carbocycles. The number of piperidine rings is 1. The monoisotopic (exact) mass is 461 g/mol. The molecule has 1 aliphatic rings. The van der Waals surface area contributed by atoms with Crippen molar-refractivity contribution < 1.29 is 24.1 Å². The van der Waals surface area contributed by atoms with Crippen LogP contribution < -0.4 is 14.2 Å². The maximum Gasteiger partial charge on any atom is 0.306 e. The minimum atomic E-state index is -0.706. The molecule has 0 aliphatic carbocycles. The largest absolute Gasteiger partial charge is 0.493 e. The predicted octanol–water partition coefficient (Wildman–Crippen LogP) is 5.17. The molecule has 0 bridgehead atoms. The molecular formula is C28H31NO5. The quantitative estimate of drug-likeness (QED) is 0.474. The highest BCUT2D eigenvalue weighted by atomic mass is 16.5. The van der Waals surface area contributed by atoms with E-state index in [-0.39, 0.29) is 12.0 Å². The van der Waals surface area contributed by atoms with Crippen LogP contribution in [0.1, 0.15) is 35.6 Å². The van der Waals surface area contributed by atoms with Gasteiger partial charge in [-0.1, -0.05) is 48.5 Å². The van der Waals surface area contributed by atoms with Gasteiger partial charge in [-0.05, 0) is 66.9 Å². The Hall–Kier alpha value is -3.51.